The zero-order valence-corrected chi connectivity index (χ0v) is 6.32. The predicted octanol–water partition coefficient (Wildman–Crippen LogP) is -1.30. The van der Waals surface area contributed by atoms with Crippen molar-refractivity contribution in [3.63, 3.8) is 0 Å². The molecule has 0 amide bonds. The molecule has 62 valence electrons. The molecule has 0 fully saturated rings. The second kappa shape index (κ2) is 4.62. The van der Waals surface area contributed by atoms with E-state index in [9.17, 15) is 0 Å². The van der Waals surface area contributed by atoms with Gasteiger partial charge in [0.2, 0.25) is 0 Å². The molecule has 0 aliphatic heterocycles. The first-order valence-corrected chi connectivity index (χ1v) is 3.22. The van der Waals surface area contributed by atoms with Crippen LogP contribution in [0.2, 0.25) is 0 Å². The molecule has 0 aliphatic carbocycles. The summed E-state index contributed by atoms with van der Waals surface area (Å²) in [4.78, 5) is 0. The molecule has 0 aliphatic rings. The lowest BCUT2D eigenvalue weighted by molar-refractivity contribution is -0.0646. The number of methoxy groups -OCH3 is 1. The minimum absolute atomic E-state index is 0.211. The van der Waals surface area contributed by atoms with Crippen molar-refractivity contribution in [1.82, 2.24) is 0 Å². The highest BCUT2D eigenvalue weighted by Gasteiger charge is 2.21. The van der Waals surface area contributed by atoms with Gasteiger partial charge in [0.15, 0.2) is 0 Å². The van der Waals surface area contributed by atoms with Crippen LogP contribution < -0.4 is 5.73 Å². The molecular formula is C6H15NO3. The van der Waals surface area contributed by atoms with Crippen molar-refractivity contribution in [1.29, 1.82) is 0 Å². The summed E-state index contributed by atoms with van der Waals surface area (Å²) < 4.78 is 4.79. The first-order valence-electron chi connectivity index (χ1n) is 3.22. The Morgan fingerprint density at radius 2 is 2.00 bits per heavy atom. The van der Waals surface area contributed by atoms with Gasteiger partial charge >= 0.3 is 0 Å². The fraction of sp³-hybridized carbons (Fsp3) is 1.00. The van der Waals surface area contributed by atoms with Gasteiger partial charge in [-0.25, -0.2) is 0 Å². The Balaban J connectivity index is 3.76. The van der Waals surface area contributed by atoms with Crippen LogP contribution in [0.5, 0.6) is 0 Å². The summed E-state index contributed by atoms with van der Waals surface area (Å²) in [6.45, 7) is 1.70. The molecule has 0 spiro atoms. The monoisotopic (exact) mass is 149 g/mol. The molecule has 0 aromatic carbocycles. The number of aliphatic hydroxyl groups excluding tert-OH is 2. The number of aliphatic hydroxyl groups is 2. The summed E-state index contributed by atoms with van der Waals surface area (Å²) in [5.74, 6) is 0. The summed E-state index contributed by atoms with van der Waals surface area (Å²) in [6, 6.07) is 0. The Hall–Kier alpha value is -0.160. The van der Waals surface area contributed by atoms with E-state index in [0.29, 0.717) is 0 Å². The van der Waals surface area contributed by atoms with E-state index in [-0.39, 0.29) is 6.54 Å². The molecule has 0 saturated heterocycles. The normalized spacial score (nSPS) is 20.1. The van der Waals surface area contributed by atoms with E-state index in [0.717, 1.165) is 0 Å². The largest absolute Gasteiger partial charge is 0.391 e. The van der Waals surface area contributed by atoms with Gasteiger partial charge in [0, 0.05) is 13.7 Å². The van der Waals surface area contributed by atoms with E-state index in [1.165, 1.54) is 14.0 Å². The number of hydrogen-bond donors (Lipinski definition) is 3. The number of rotatable bonds is 4. The maximum atomic E-state index is 9.13. The fourth-order valence-electron chi connectivity index (χ4n) is 0.686. The molecular weight excluding hydrogens is 134 g/mol. The lowest BCUT2D eigenvalue weighted by atomic mass is 10.1. The quantitative estimate of drug-likeness (QED) is 0.464. The number of nitrogens with two attached hydrogens (primary N) is 1. The van der Waals surface area contributed by atoms with Crippen LogP contribution in [0.15, 0.2) is 0 Å². The van der Waals surface area contributed by atoms with E-state index in [1.54, 1.807) is 0 Å². The zero-order chi connectivity index (χ0) is 8.15. The van der Waals surface area contributed by atoms with Crippen molar-refractivity contribution in [2.24, 2.45) is 5.73 Å². The molecule has 10 heavy (non-hydrogen) atoms. The van der Waals surface area contributed by atoms with Crippen LogP contribution in [0.4, 0.5) is 0 Å². The molecule has 3 atom stereocenters. The Morgan fingerprint density at radius 1 is 1.50 bits per heavy atom. The molecule has 0 bridgehead atoms. The summed E-state index contributed by atoms with van der Waals surface area (Å²) in [6.07, 6.45) is -2.16. The van der Waals surface area contributed by atoms with Crippen molar-refractivity contribution in [2.75, 3.05) is 13.7 Å². The average molecular weight is 149 g/mol. The van der Waals surface area contributed by atoms with Crippen molar-refractivity contribution in [2.45, 2.75) is 25.2 Å². The van der Waals surface area contributed by atoms with E-state index in [2.05, 4.69) is 0 Å². The summed E-state index contributed by atoms with van der Waals surface area (Å²) in [5, 5.41) is 18.0. The van der Waals surface area contributed by atoms with Gasteiger partial charge < -0.3 is 20.7 Å². The van der Waals surface area contributed by atoms with Crippen molar-refractivity contribution >= 4 is 0 Å². The van der Waals surface area contributed by atoms with Gasteiger partial charge in [0.1, 0.15) is 6.10 Å². The van der Waals surface area contributed by atoms with Crippen molar-refractivity contribution in [3.05, 3.63) is 0 Å². The second-order valence-electron chi connectivity index (χ2n) is 2.24. The number of ether oxygens (including phenoxy) is 1. The summed E-state index contributed by atoms with van der Waals surface area (Å²) in [5.41, 5.74) is 5.23. The van der Waals surface area contributed by atoms with Crippen molar-refractivity contribution < 1.29 is 14.9 Å². The molecule has 4 N–H and O–H groups in total. The minimum atomic E-state index is -0.894. The van der Waals surface area contributed by atoms with Crippen LogP contribution >= 0.6 is 0 Å². The van der Waals surface area contributed by atoms with E-state index in [4.69, 9.17) is 20.7 Å². The summed E-state index contributed by atoms with van der Waals surface area (Å²) in [7, 11) is 1.45. The Labute approximate surface area is 60.6 Å². The van der Waals surface area contributed by atoms with E-state index >= 15 is 0 Å². The van der Waals surface area contributed by atoms with Crippen molar-refractivity contribution in [3.8, 4) is 0 Å². The lowest BCUT2D eigenvalue weighted by Crippen LogP contribution is -2.41. The smallest absolute Gasteiger partial charge is 0.107 e. The van der Waals surface area contributed by atoms with Crippen LogP contribution in [-0.4, -0.2) is 42.2 Å². The van der Waals surface area contributed by atoms with Gasteiger partial charge in [0.05, 0.1) is 12.2 Å². The fourth-order valence-corrected chi connectivity index (χ4v) is 0.686. The highest BCUT2D eigenvalue weighted by molar-refractivity contribution is 4.73. The van der Waals surface area contributed by atoms with Crippen LogP contribution in [-0.2, 0) is 4.74 Å². The molecule has 0 saturated carbocycles. The Kier molecular flexibility index (Phi) is 4.55. The highest BCUT2D eigenvalue weighted by Crippen LogP contribution is 2.00. The van der Waals surface area contributed by atoms with E-state index in [1.807, 2.05) is 0 Å². The van der Waals surface area contributed by atoms with Crippen LogP contribution in [0, 0.1) is 0 Å². The molecule has 0 aromatic rings. The SMILES string of the molecule is COC(CN)C(O)C(C)O. The van der Waals surface area contributed by atoms with Gasteiger partial charge in [-0.15, -0.1) is 0 Å². The number of hydrogen-bond acceptors (Lipinski definition) is 4. The Bertz CT molecular complexity index is 83.1. The standard InChI is InChI=1S/C6H15NO3/c1-4(8)6(9)5(3-7)10-2/h4-6,8-9H,3,7H2,1-2H3. The predicted molar refractivity (Wildman–Crippen MR) is 37.5 cm³/mol. The van der Waals surface area contributed by atoms with Gasteiger partial charge in [-0.1, -0.05) is 0 Å². The maximum Gasteiger partial charge on any atom is 0.107 e. The highest BCUT2D eigenvalue weighted by atomic mass is 16.5. The molecule has 0 aromatic heterocycles. The zero-order valence-electron chi connectivity index (χ0n) is 6.32. The maximum absolute atomic E-state index is 9.13. The van der Waals surface area contributed by atoms with E-state index < -0.39 is 18.3 Å². The topological polar surface area (TPSA) is 75.7 Å². The molecule has 4 nitrogen and oxygen atoms in total. The first kappa shape index (κ1) is 9.84. The molecule has 4 heteroatoms. The van der Waals surface area contributed by atoms with Crippen LogP contribution in [0.3, 0.4) is 0 Å². The second-order valence-corrected chi connectivity index (χ2v) is 2.24. The third-order valence-corrected chi connectivity index (χ3v) is 1.41. The van der Waals surface area contributed by atoms with Gasteiger partial charge in [-0.05, 0) is 6.92 Å². The summed E-state index contributed by atoms with van der Waals surface area (Å²) >= 11 is 0. The average Bonchev–Trinajstić information content (AvgIpc) is 1.90. The molecule has 0 rings (SSSR count). The molecule has 0 heterocycles. The molecule has 0 radical (unpaired) electrons. The van der Waals surface area contributed by atoms with Gasteiger partial charge in [0.25, 0.3) is 0 Å². The lowest BCUT2D eigenvalue weighted by Gasteiger charge is -2.21. The van der Waals surface area contributed by atoms with Gasteiger partial charge in [-0.2, -0.15) is 0 Å². The van der Waals surface area contributed by atoms with Crippen LogP contribution in [0.25, 0.3) is 0 Å². The van der Waals surface area contributed by atoms with Gasteiger partial charge in [-0.3, -0.25) is 0 Å². The molecule has 3 unspecified atom stereocenters. The first-order chi connectivity index (χ1) is 4.63. The third kappa shape index (κ3) is 2.62. The third-order valence-electron chi connectivity index (χ3n) is 1.41. The minimum Gasteiger partial charge on any atom is -0.391 e. The Morgan fingerprint density at radius 3 is 2.10 bits per heavy atom. The van der Waals surface area contributed by atoms with Crippen LogP contribution in [0.1, 0.15) is 6.92 Å².